The van der Waals surface area contributed by atoms with Crippen molar-refractivity contribution in [3.8, 4) is 5.75 Å². The number of amides is 1. The largest absolute Gasteiger partial charge is 0.490 e. The lowest BCUT2D eigenvalue weighted by Gasteiger charge is -2.08. The molecule has 1 N–H and O–H groups in total. The van der Waals surface area contributed by atoms with E-state index >= 15 is 0 Å². The van der Waals surface area contributed by atoms with Crippen molar-refractivity contribution >= 4 is 39.9 Å². The number of hydrogen-bond donors (Lipinski definition) is 1. The summed E-state index contributed by atoms with van der Waals surface area (Å²) < 4.78 is 19.3. The van der Waals surface area contributed by atoms with Gasteiger partial charge in [0.25, 0.3) is 5.91 Å². The van der Waals surface area contributed by atoms with Gasteiger partial charge in [-0.15, -0.1) is 0 Å². The summed E-state index contributed by atoms with van der Waals surface area (Å²) in [6, 6.07) is 8.09. The van der Waals surface area contributed by atoms with Crippen LogP contribution in [0.15, 0.2) is 36.4 Å². The van der Waals surface area contributed by atoms with Gasteiger partial charge in [0.05, 0.1) is 17.7 Å². The highest BCUT2D eigenvalue weighted by atomic mass is 127. The van der Waals surface area contributed by atoms with Crippen molar-refractivity contribution in [3.63, 3.8) is 0 Å². The number of hydrogen-bond acceptors (Lipinski definition) is 4. The fourth-order valence-electron chi connectivity index (χ4n) is 1.76. The summed E-state index contributed by atoms with van der Waals surface area (Å²) in [6.07, 6.45) is 0. The molecule has 0 radical (unpaired) electrons. The number of halogens is 2. The first kappa shape index (κ1) is 16.1. The number of ether oxygens (including phenoxy) is 1. The number of rotatable bonds is 4. The Morgan fingerprint density at radius 3 is 2.64 bits per heavy atom. The third-order valence-corrected chi connectivity index (χ3v) is 3.49. The number of methoxy groups -OCH3 is 1. The molecular formula is C14H10FIN2O4. The zero-order valence-corrected chi connectivity index (χ0v) is 13.5. The average molecular weight is 416 g/mol. The lowest BCUT2D eigenvalue weighted by Crippen LogP contribution is -2.13. The Labute approximate surface area is 138 Å². The number of carbonyl (C=O) groups excluding carboxylic acids is 1. The van der Waals surface area contributed by atoms with E-state index in [2.05, 4.69) is 5.32 Å². The molecule has 2 aromatic rings. The van der Waals surface area contributed by atoms with Gasteiger partial charge in [-0.3, -0.25) is 14.9 Å². The summed E-state index contributed by atoms with van der Waals surface area (Å²) in [6.45, 7) is 0. The zero-order valence-electron chi connectivity index (χ0n) is 11.3. The van der Waals surface area contributed by atoms with Crippen LogP contribution < -0.4 is 10.1 Å². The van der Waals surface area contributed by atoms with E-state index in [-0.39, 0.29) is 22.7 Å². The fraction of sp³-hybridized carbons (Fsp3) is 0.0714. The predicted molar refractivity (Wildman–Crippen MR) is 86.7 cm³/mol. The normalized spacial score (nSPS) is 10.1. The molecule has 2 rings (SSSR count). The van der Waals surface area contributed by atoms with Crippen molar-refractivity contribution in [3.05, 3.63) is 61.5 Å². The van der Waals surface area contributed by atoms with Crippen molar-refractivity contribution in [1.29, 1.82) is 0 Å². The fourth-order valence-corrected chi connectivity index (χ4v) is 2.21. The van der Waals surface area contributed by atoms with Gasteiger partial charge in [0.1, 0.15) is 5.82 Å². The summed E-state index contributed by atoms with van der Waals surface area (Å²) in [5.74, 6) is -1.18. The molecule has 0 aliphatic rings. The second-order valence-corrected chi connectivity index (χ2v) is 5.47. The minimum Gasteiger partial charge on any atom is -0.490 e. The van der Waals surface area contributed by atoms with Crippen molar-refractivity contribution in [2.24, 2.45) is 0 Å². The van der Waals surface area contributed by atoms with Crippen LogP contribution in [0.25, 0.3) is 0 Å². The standard InChI is InChI=1S/C14H10FIN2O4/c1-22-13-5-2-8(6-12(13)18(20)21)14(19)17-11-4-3-9(16)7-10(11)15/h2-7H,1H3,(H,17,19). The van der Waals surface area contributed by atoms with E-state index in [1.54, 1.807) is 6.07 Å². The molecule has 0 bridgehead atoms. The Bertz CT molecular complexity index is 752. The van der Waals surface area contributed by atoms with Gasteiger partial charge in [0, 0.05) is 15.2 Å². The maximum Gasteiger partial charge on any atom is 0.311 e. The minimum absolute atomic E-state index is 0.00360. The molecule has 0 atom stereocenters. The summed E-state index contributed by atoms with van der Waals surface area (Å²) >= 11 is 1.95. The van der Waals surface area contributed by atoms with Crippen LogP contribution in [0.3, 0.4) is 0 Å². The summed E-state index contributed by atoms with van der Waals surface area (Å²) in [7, 11) is 1.29. The van der Waals surface area contributed by atoms with Gasteiger partial charge in [-0.2, -0.15) is 0 Å². The molecule has 0 aliphatic heterocycles. The number of nitrogens with zero attached hydrogens (tertiary/aromatic N) is 1. The van der Waals surface area contributed by atoms with Gasteiger partial charge < -0.3 is 10.1 Å². The highest BCUT2D eigenvalue weighted by Crippen LogP contribution is 2.28. The lowest BCUT2D eigenvalue weighted by atomic mass is 10.1. The predicted octanol–water partition coefficient (Wildman–Crippen LogP) is 3.60. The van der Waals surface area contributed by atoms with E-state index in [0.717, 1.165) is 6.07 Å². The Hall–Kier alpha value is -2.23. The Balaban J connectivity index is 2.30. The maximum atomic E-state index is 13.7. The molecule has 0 saturated heterocycles. The van der Waals surface area contributed by atoms with Crippen LogP contribution in [-0.4, -0.2) is 17.9 Å². The second kappa shape index (κ2) is 6.69. The first-order valence-electron chi connectivity index (χ1n) is 6.01. The molecule has 0 aromatic heterocycles. The van der Waals surface area contributed by atoms with Crippen molar-refractivity contribution < 1.29 is 18.8 Å². The molecule has 22 heavy (non-hydrogen) atoms. The number of anilines is 1. The smallest absolute Gasteiger partial charge is 0.311 e. The van der Waals surface area contributed by atoms with E-state index in [0.29, 0.717) is 3.57 Å². The van der Waals surface area contributed by atoms with Crippen LogP contribution in [0.5, 0.6) is 5.75 Å². The van der Waals surface area contributed by atoms with E-state index in [1.165, 1.54) is 31.4 Å². The summed E-state index contributed by atoms with van der Waals surface area (Å²) in [5.41, 5.74) is -0.299. The van der Waals surface area contributed by atoms with Crippen LogP contribution in [0.4, 0.5) is 15.8 Å². The molecule has 2 aromatic carbocycles. The Morgan fingerprint density at radius 2 is 2.05 bits per heavy atom. The van der Waals surface area contributed by atoms with Crippen LogP contribution in [0, 0.1) is 19.5 Å². The van der Waals surface area contributed by atoms with Gasteiger partial charge >= 0.3 is 5.69 Å². The molecule has 114 valence electrons. The third kappa shape index (κ3) is 3.50. The van der Waals surface area contributed by atoms with Crippen LogP contribution in [0.1, 0.15) is 10.4 Å². The molecule has 0 unspecified atom stereocenters. The number of carbonyl (C=O) groups is 1. The Kier molecular flexibility index (Phi) is 4.91. The van der Waals surface area contributed by atoms with Crippen molar-refractivity contribution in [1.82, 2.24) is 0 Å². The molecule has 8 heteroatoms. The molecule has 0 fully saturated rings. The minimum atomic E-state index is -0.652. The van der Waals surface area contributed by atoms with E-state index in [1.807, 2.05) is 22.6 Å². The molecular weight excluding hydrogens is 406 g/mol. The second-order valence-electron chi connectivity index (χ2n) is 4.22. The number of nitro groups is 1. The molecule has 6 nitrogen and oxygen atoms in total. The topological polar surface area (TPSA) is 81.5 Å². The first-order valence-corrected chi connectivity index (χ1v) is 7.09. The number of benzene rings is 2. The first-order chi connectivity index (χ1) is 10.4. The molecule has 1 amide bonds. The van der Waals surface area contributed by atoms with Crippen molar-refractivity contribution in [2.45, 2.75) is 0 Å². The van der Waals surface area contributed by atoms with Crippen LogP contribution >= 0.6 is 22.6 Å². The van der Waals surface area contributed by atoms with Gasteiger partial charge in [-0.25, -0.2) is 4.39 Å². The monoisotopic (exact) mass is 416 g/mol. The van der Waals surface area contributed by atoms with E-state index < -0.39 is 16.6 Å². The highest BCUT2D eigenvalue weighted by molar-refractivity contribution is 14.1. The summed E-state index contributed by atoms with van der Waals surface area (Å²) in [5, 5.41) is 13.3. The average Bonchev–Trinajstić information content (AvgIpc) is 2.49. The molecule has 0 aliphatic carbocycles. The number of nitrogens with one attached hydrogen (secondary N) is 1. The highest BCUT2D eigenvalue weighted by Gasteiger charge is 2.18. The van der Waals surface area contributed by atoms with Crippen LogP contribution in [-0.2, 0) is 0 Å². The third-order valence-electron chi connectivity index (χ3n) is 2.82. The summed E-state index contributed by atoms with van der Waals surface area (Å²) in [4.78, 5) is 22.4. The van der Waals surface area contributed by atoms with E-state index in [4.69, 9.17) is 4.74 Å². The van der Waals surface area contributed by atoms with Crippen LogP contribution in [0.2, 0.25) is 0 Å². The zero-order chi connectivity index (χ0) is 16.3. The van der Waals surface area contributed by atoms with Gasteiger partial charge in [0.2, 0.25) is 0 Å². The van der Waals surface area contributed by atoms with Gasteiger partial charge in [0.15, 0.2) is 5.75 Å². The maximum absolute atomic E-state index is 13.7. The van der Waals surface area contributed by atoms with Gasteiger partial charge in [-0.1, -0.05) is 0 Å². The van der Waals surface area contributed by atoms with E-state index in [9.17, 15) is 19.3 Å². The quantitative estimate of drug-likeness (QED) is 0.469. The SMILES string of the molecule is COc1ccc(C(=O)Nc2ccc(I)cc2F)cc1[N+](=O)[O-]. The van der Waals surface area contributed by atoms with Gasteiger partial charge in [-0.05, 0) is 52.9 Å². The molecule has 0 spiro atoms. The molecule has 0 heterocycles. The Morgan fingerprint density at radius 1 is 1.32 bits per heavy atom. The molecule has 0 saturated carbocycles. The number of nitro benzene ring substituents is 1. The lowest BCUT2D eigenvalue weighted by molar-refractivity contribution is -0.385. The van der Waals surface area contributed by atoms with Crippen molar-refractivity contribution in [2.75, 3.05) is 12.4 Å².